The molecule has 0 saturated heterocycles. The Balaban J connectivity index is 2.13. The molecule has 0 bridgehead atoms. The minimum absolute atomic E-state index is 0.140. The van der Waals surface area contributed by atoms with Gasteiger partial charge < -0.3 is 5.32 Å². The highest BCUT2D eigenvalue weighted by Gasteiger charge is 2.15. The zero-order chi connectivity index (χ0) is 16.4. The topological polar surface area (TPSA) is 92.7 Å². The quantitative estimate of drug-likeness (QED) is 0.768. The van der Waals surface area contributed by atoms with Crippen LogP contribution in [0.25, 0.3) is 16.5 Å². The van der Waals surface area contributed by atoms with Gasteiger partial charge in [-0.1, -0.05) is 13.0 Å². The van der Waals surface area contributed by atoms with E-state index in [9.17, 15) is 9.59 Å². The monoisotopic (exact) mass is 329 g/mol. The van der Waals surface area contributed by atoms with Gasteiger partial charge in [0.25, 0.3) is 5.56 Å². The number of nitrogens with one attached hydrogen (secondary N) is 2. The summed E-state index contributed by atoms with van der Waals surface area (Å²) in [4.78, 5) is 31.3. The van der Waals surface area contributed by atoms with Gasteiger partial charge >= 0.3 is 0 Å². The highest BCUT2D eigenvalue weighted by Crippen LogP contribution is 2.27. The van der Waals surface area contributed by atoms with Crippen molar-refractivity contribution in [2.75, 3.05) is 5.32 Å². The van der Waals surface area contributed by atoms with Crippen LogP contribution in [0, 0.1) is 6.92 Å². The third kappa shape index (κ3) is 3.21. The smallest absolute Gasteiger partial charge is 0.252 e. The van der Waals surface area contributed by atoms with Gasteiger partial charge in [-0.25, -0.2) is 4.98 Å². The van der Waals surface area contributed by atoms with Crippen molar-refractivity contribution in [1.82, 2.24) is 19.7 Å². The van der Waals surface area contributed by atoms with Crippen molar-refractivity contribution in [3.63, 3.8) is 0 Å². The molecule has 8 heteroatoms. The minimum Gasteiger partial charge on any atom is -0.310 e. The molecule has 2 N–H and O–H groups in total. The van der Waals surface area contributed by atoms with Crippen LogP contribution in [-0.4, -0.2) is 25.7 Å². The number of carbonyl (C=O) groups is 1. The van der Waals surface area contributed by atoms with Gasteiger partial charge in [0, 0.05) is 24.2 Å². The molecule has 3 aromatic rings. The molecule has 0 radical (unpaired) electrons. The molecule has 7 nitrogen and oxygen atoms in total. The molecule has 118 valence electrons. The van der Waals surface area contributed by atoms with Crippen LogP contribution in [0.4, 0.5) is 5.82 Å². The number of nitrogens with zero attached hydrogens (tertiary/aromatic N) is 3. The Morgan fingerprint density at radius 3 is 2.91 bits per heavy atom. The maximum absolute atomic E-state index is 11.8. The van der Waals surface area contributed by atoms with Gasteiger partial charge in [0.15, 0.2) is 0 Å². The Morgan fingerprint density at radius 1 is 1.43 bits per heavy atom. The van der Waals surface area contributed by atoms with Crippen LogP contribution in [-0.2, 0) is 4.79 Å². The second kappa shape index (κ2) is 6.17. The molecule has 0 aromatic carbocycles. The average molecular weight is 329 g/mol. The van der Waals surface area contributed by atoms with Crippen LogP contribution < -0.4 is 10.9 Å². The summed E-state index contributed by atoms with van der Waals surface area (Å²) in [6.07, 6.45) is 0.345. The van der Waals surface area contributed by atoms with E-state index in [0.29, 0.717) is 23.6 Å². The van der Waals surface area contributed by atoms with Gasteiger partial charge in [-0.3, -0.25) is 14.6 Å². The van der Waals surface area contributed by atoms with E-state index in [1.807, 2.05) is 17.5 Å². The summed E-state index contributed by atoms with van der Waals surface area (Å²) < 4.78 is 1.44. The van der Waals surface area contributed by atoms with Crippen molar-refractivity contribution >= 4 is 23.1 Å². The summed E-state index contributed by atoms with van der Waals surface area (Å²) in [5, 5.41) is 9.21. The SMILES string of the molecule is CCC(=O)Nc1cc(-c2cccs2)nn1-c1nc(C)cc(=O)[nH]1. The van der Waals surface area contributed by atoms with E-state index in [0.717, 1.165) is 4.88 Å². The lowest BCUT2D eigenvalue weighted by atomic mass is 10.3. The highest BCUT2D eigenvalue weighted by atomic mass is 32.1. The van der Waals surface area contributed by atoms with Crippen LogP contribution in [0.5, 0.6) is 0 Å². The van der Waals surface area contributed by atoms with Crippen molar-refractivity contribution < 1.29 is 4.79 Å². The average Bonchev–Trinajstić information content (AvgIpc) is 3.14. The highest BCUT2D eigenvalue weighted by molar-refractivity contribution is 7.13. The van der Waals surface area contributed by atoms with Gasteiger partial charge in [0.2, 0.25) is 11.9 Å². The minimum atomic E-state index is -0.270. The maximum atomic E-state index is 11.8. The van der Waals surface area contributed by atoms with E-state index in [2.05, 4.69) is 20.4 Å². The molecule has 0 aliphatic heterocycles. The summed E-state index contributed by atoms with van der Waals surface area (Å²) in [7, 11) is 0. The van der Waals surface area contributed by atoms with E-state index in [1.54, 1.807) is 31.3 Å². The number of thiophene rings is 1. The molecular formula is C15H15N5O2S. The molecule has 23 heavy (non-hydrogen) atoms. The zero-order valence-electron chi connectivity index (χ0n) is 12.7. The normalized spacial score (nSPS) is 10.7. The lowest BCUT2D eigenvalue weighted by Crippen LogP contribution is -2.18. The van der Waals surface area contributed by atoms with Crippen molar-refractivity contribution in [2.24, 2.45) is 0 Å². The molecule has 0 atom stereocenters. The summed E-state index contributed by atoms with van der Waals surface area (Å²) in [5.74, 6) is 0.595. The summed E-state index contributed by atoms with van der Waals surface area (Å²) in [6, 6.07) is 7.03. The molecule has 3 rings (SSSR count). The number of rotatable bonds is 4. The number of carbonyl (C=O) groups excluding carboxylic acids is 1. The van der Waals surface area contributed by atoms with Crippen molar-refractivity contribution in [2.45, 2.75) is 20.3 Å². The Bertz CT molecular complexity index is 895. The number of hydrogen-bond donors (Lipinski definition) is 2. The zero-order valence-corrected chi connectivity index (χ0v) is 13.5. The van der Waals surface area contributed by atoms with Crippen LogP contribution in [0.1, 0.15) is 19.0 Å². The number of anilines is 1. The molecule has 0 aliphatic carbocycles. The van der Waals surface area contributed by atoms with E-state index < -0.39 is 0 Å². The van der Waals surface area contributed by atoms with Crippen LogP contribution in [0.3, 0.4) is 0 Å². The Morgan fingerprint density at radius 2 is 2.26 bits per heavy atom. The second-order valence-corrected chi connectivity index (χ2v) is 5.86. The van der Waals surface area contributed by atoms with Gasteiger partial charge in [0.1, 0.15) is 11.5 Å². The van der Waals surface area contributed by atoms with Crippen molar-refractivity contribution in [3.05, 3.63) is 45.7 Å². The predicted octanol–water partition coefficient (Wildman–Crippen LogP) is 2.34. The molecule has 0 aliphatic rings. The van der Waals surface area contributed by atoms with E-state index in [-0.39, 0.29) is 17.4 Å². The first-order valence-electron chi connectivity index (χ1n) is 7.09. The predicted molar refractivity (Wildman–Crippen MR) is 89.0 cm³/mol. The third-order valence-corrected chi connectivity index (χ3v) is 4.02. The Kier molecular flexibility index (Phi) is 4.07. The van der Waals surface area contributed by atoms with Gasteiger partial charge in [-0.05, 0) is 18.4 Å². The molecule has 1 amide bonds. The lowest BCUT2D eigenvalue weighted by molar-refractivity contribution is -0.115. The van der Waals surface area contributed by atoms with E-state index in [4.69, 9.17) is 0 Å². The first kappa shape index (κ1) is 15.2. The second-order valence-electron chi connectivity index (χ2n) is 4.92. The molecule has 0 saturated carbocycles. The fourth-order valence-corrected chi connectivity index (χ4v) is 2.75. The summed E-state index contributed by atoms with van der Waals surface area (Å²) >= 11 is 1.54. The number of H-pyrrole nitrogens is 1. The molecule has 0 fully saturated rings. The lowest BCUT2D eigenvalue weighted by Gasteiger charge is -2.07. The third-order valence-electron chi connectivity index (χ3n) is 3.13. The standard InChI is InChI=1S/C15H15N5O2S/c1-3-13(21)17-12-8-10(11-5-4-6-23-11)19-20(12)15-16-9(2)7-14(22)18-15/h4-8H,3H2,1-2H3,(H,17,21)(H,16,18,22). The molecular weight excluding hydrogens is 314 g/mol. The molecule has 0 unspecified atom stereocenters. The van der Waals surface area contributed by atoms with Gasteiger partial charge in [-0.15, -0.1) is 11.3 Å². The van der Waals surface area contributed by atoms with Crippen LogP contribution in [0.2, 0.25) is 0 Å². The van der Waals surface area contributed by atoms with E-state index >= 15 is 0 Å². The van der Waals surface area contributed by atoms with Crippen molar-refractivity contribution in [1.29, 1.82) is 0 Å². The number of aromatic nitrogens is 4. The summed E-state index contributed by atoms with van der Waals surface area (Å²) in [5.41, 5.74) is 1.01. The summed E-state index contributed by atoms with van der Waals surface area (Å²) in [6.45, 7) is 3.50. The first-order valence-corrected chi connectivity index (χ1v) is 7.97. The van der Waals surface area contributed by atoms with Crippen LogP contribution in [0.15, 0.2) is 34.4 Å². The van der Waals surface area contributed by atoms with Gasteiger partial charge in [0.05, 0.1) is 4.88 Å². The fraction of sp³-hybridized carbons (Fsp3) is 0.200. The number of hydrogen-bond acceptors (Lipinski definition) is 5. The number of aryl methyl sites for hydroxylation is 1. The maximum Gasteiger partial charge on any atom is 0.252 e. The Labute approximate surface area is 136 Å². The molecule has 3 heterocycles. The number of amides is 1. The van der Waals surface area contributed by atoms with Crippen molar-refractivity contribution in [3.8, 4) is 16.5 Å². The first-order chi connectivity index (χ1) is 11.1. The number of aromatic amines is 1. The Hall–Kier alpha value is -2.74. The van der Waals surface area contributed by atoms with Crippen LogP contribution >= 0.6 is 11.3 Å². The van der Waals surface area contributed by atoms with E-state index in [1.165, 1.54) is 10.7 Å². The van der Waals surface area contributed by atoms with Gasteiger partial charge in [-0.2, -0.15) is 9.78 Å². The largest absolute Gasteiger partial charge is 0.310 e. The molecule has 0 spiro atoms. The molecule has 3 aromatic heterocycles. The fourth-order valence-electron chi connectivity index (χ4n) is 2.07.